The first kappa shape index (κ1) is 6.53. The molecular weight excluding hydrogens is 112 g/mol. The Balaban J connectivity index is 2.57. The van der Waals surface area contributed by atoms with E-state index >= 15 is 0 Å². The molecule has 0 bridgehead atoms. The SMILES string of the molecule is CC(=O)C1C=C(C)CC1. The highest BCUT2D eigenvalue weighted by Gasteiger charge is 2.16. The predicted octanol–water partition coefficient (Wildman–Crippen LogP) is 1.93. The normalized spacial score (nSPS) is 26.0. The highest BCUT2D eigenvalue weighted by Crippen LogP contribution is 2.23. The fraction of sp³-hybridized carbons (Fsp3) is 0.625. The Morgan fingerprint density at radius 1 is 1.78 bits per heavy atom. The fourth-order valence-electron chi connectivity index (χ4n) is 1.21. The summed E-state index contributed by atoms with van der Waals surface area (Å²) in [5.74, 6) is 0.553. The molecule has 0 saturated heterocycles. The lowest BCUT2D eigenvalue weighted by Crippen LogP contribution is -2.03. The minimum atomic E-state index is 0.241. The van der Waals surface area contributed by atoms with Crippen molar-refractivity contribution >= 4 is 5.78 Å². The van der Waals surface area contributed by atoms with Crippen LogP contribution in [0.2, 0.25) is 0 Å². The smallest absolute Gasteiger partial charge is 0.136 e. The van der Waals surface area contributed by atoms with E-state index in [0.29, 0.717) is 5.78 Å². The molecule has 50 valence electrons. The number of rotatable bonds is 1. The van der Waals surface area contributed by atoms with Gasteiger partial charge in [0.05, 0.1) is 0 Å². The molecule has 0 radical (unpaired) electrons. The average Bonchev–Trinajstić information content (AvgIpc) is 2.14. The zero-order valence-corrected chi connectivity index (χ0v) is 5.98. The number of hydrogen-bond donors (Lipinski definition) is 0. The van der Waals surface area contributed by atoms with E-state index in [4.69, 9.17) is 0 Å². The molecule has 1 atom stereocenters. The Bertz CT molecular complexity index is 156. The lowest BCUT2D eigenvalue weighted by Gasteiger charge is -1.97. The molecule has 1 nitrogen and oxygen atoms in total. The Labute approximate surface area is 55.8 Å². The molecule has 0 saturated carbocycles. The minimum absolute atomic E-state index is 0.241. The Hall–Kier alpha value is -0.590. The summed E-state index contributed by atoms with van der Waals surface area (Å²) in [6.45, 7) is 3.75. The third-order valence-corrected chi connectivity index (χ3v) is 1.86. The highest BCUT2D eigenvalue weighted by molar-refractivity contribution is 5.80. The summed E-state index contributed by atoms with van der Waals surface area (Å²) in [7, 11) is 0. The summed E-state index contributed by atoms with van der Waals surface area (Å²) in [5.41, 5.74) is 1.37. The summed E-state index contributed by atoms with van der Waals surface area (Å²) in [4.78, 5) is 10.7. The molecular formula is C8H12O. The lowest BCUT2D eigenvalue weighted by atomic mass is 10.1. The molecule has 1 aliphatic carbocycles. The van der Waals surface area contributed by atoms with E-state index in [-0.39, 0.29) is 5.92 Å². The zero-order chi connectivity index (χ0) is 6.85. The second-order valence-corrected chi connectivity index (χ2v) is 2.77. The van der Waals surface area contributed by atoms with E-state index in [0.717, 1.165) is 12.8 Å². The van der Waals surface area contributed by atoms with Gasteiger partial charge in [-0.05, 0) is 26.7 Å². The number of allylic oxidation sites excluding steroid dienone is 2. The number of carbonyl (C=O) groups is 1. The summed E-state index contributed by atoms with van der Waals surface area (Å²) in [6.07, 6.45) is 4.24. The molecule has 0 amide bonds. The first-order chi connectivity index (χ1) is 4.20. The van der Waals surface area contributed by atoms with E-state index in [1.165, 1.54) is 5.57 Å². The Morgan fingerprint density at radius 3 is 2.67 bits per heavy atom. The summed E-state index contributed by atoms with van der Waals surface area (Å²) in [5, 5.41) is 0. The maximum absolute atomic E-state index is 10.7. The van der Waals surface area contributed by atoms with Gasteiger partial charge in [-0.2, -0.15) is 0 Å². The average molecular weight is 124 g/mol. The van der Waals surface area contributed by atoms with Gasteiger partial charge in [-0.25, -0.2) is 0 Å². The van der Waals surface area contributed by atoms with Crippen LogP contribution in [0, 0.1) is 5.92 Å². The van der Waals surface area contributed by atoms with Crippen LogP contribution in [-0.2, 0) is 4.79 Å². The first-order valence-electron chi connectivity index (χ1n) is 3.38. The van der Waals surface area contributed by atoms with Gasteiger partial charge in [0.1, 0.15) is 5.78 Å². The van der Waals surface area contributed by atoms with Crippen molar-refractivity contribution in [1.29, 1.82) is 0 Å². The molecule has 0 spiro atoms. The van der Waals surface area contributed by atoms with E-state index < -0.39 is 0 Å². The topological polar surface area (TPSA) is 17.1 Å². The molecule has 0 aromatic rings. The Morgan fingerprint density at radius 2 is 2.44 bits per heavy atom. The molecule has 0 fully saturated rings. The number of Topliss-reactive ketones (excluding diaryl/α,β-unsaturated/α-hetero) is 1. The van der Waals surface area contributed by atoms with E-state index in [2.05, 4.69) is 13.0 Å². The minimum Gasteiger partial charge on any atom is -0.299 e. The molecule has 0 heterocycles. The van der Waals surface area contributed by atoms with Crippen molar-refractivity contribution in [3.8, 4) is 0 Å². The lowest BCUT2D eigenvalue weighted by molar-refractivity contribution is -0.119. The standard InChI is InChI=1S/C8H12O/c1-6-3-4-8(5-6)7(2)9/h5,8H,3-4H2,1-2H3. The van der Waals surface area contributed by atoms with Gasteiger partial charge < -0.3 is 0 Å². The van der Waals surface area contributed by atoms with Crippen molar-refractivity contribution in [2.75, 3.05) is 0 Å². The molecule has 1 aliphatic rings. The second-order valence-electron chi connectivity index (χ2n) is 2.77. The van der Waals surface area contributed by atoms with E-state index in [1.807, 2.05) is 0 Å². The zero-order valence-electron chi connectivity index (χ0n) is 5.98. The van der Waals surface area contributed by atoms with Crippen LogP contribution in [-0.4, -0.2) is 5.78 Å². The summed E-state index contributed by atoms with van der Waals surface area (Å²) < 4.78 is 0. The second kappa shape index (κ2) is 2.34. The fourth-order valence-corrected chi connectivity index (χ4v) is 1.21. The highest BCUT2D eigenvalue weighted by atomic mass is 16.1. The first-order valence-corrected chi connectivity index (χ1v) is 3.38. The third-order valence-electron chi connectivity index (χ3n) is 1.86. The number of hydrogen-bond acceptors (Lipinski definition) is 1. The molecule has 0 aromatic carbocycles. The van der Waals surface area contributed by atoms with Crippen LogP contribution in [0.4, 0.5) is 0 Å². The van der Waals surface area contributed by atoms with Gasteiger partial charge in [0.2, 0.25) is 0 Å². The molecule has 0 N–H and O–H groups in total. The third kappa shape index (κ3) is 1.41. The monoisotopic (exact) mass is 124 g/mol. The van der Waals surface area contributed by atoms with Crippen molar-refractivity contribution in [3.05, 3.63) is 11.6 Å². The van der Waals surface area contributed by atoms with Gasteiger partial charge in [-0.15, -0.1) is 0 Å². The summed E-state index contributed by atoms with van der Waals surface area (Å²) in [6, 6.07) is 0. The maximum Gasteiger partial charge on any atom is 0.136 e. The molecule has 1 unspecified atom stereocenters. The quantitative estimate of drug-likeness (QED) is 0.488. The van der Waals surface area contributed by atoms with Crippen molar-refractivity contribution in [2.45, 2.75) is 26.7 Å². The van der Waals surface area contributed by atoms with Gasteiger partial charge in [0.15, 0.2) is 0 Å². The maximum atomic E-state index is 10.7. The number of carbonyl (C=O) groups excluding carboxylic acids is 1. The molecule has 0 aliphatic heterocycles. The van der Waals surface area contributed by atoms with Gasteiger partial charge >= 0.3 is 0 Å². The molecule has 1 rings (SSSR count). The van der Waals surface area contributed by atoms with Crippen molar-refractivity contribution in [3.63, 3.8) is 0 Å². The van der Waals surface area contributed by atoms with Gasteiger partial charge in [-0.3, -0.25) is 4.79 Å². The van der Waals surface area contributed by atoms with Crippen LogP contribution in [0.5, 0.6) is 0 Å². The summed E-state index contributed by atoms with van der Waals surface area (Å²) >= 11 is 0. The molecule has 9 heavy (non-hydrogen) atoms. The van der Waals surface area contributed by atoms with Crippen molar-refractivity contribution in [1.82, 2.24) is 0 Å². The van der Waals surface area contributed by atoms with Crippen LogP contribution in [0.3, 0.4) is 0 Å². The van der Waals surface area contributed by atoms with Crippen LogP contribution in [0.15, 0.2) is 11.6 Å². The van der Waals surface area contributed by atoms with Gasteiger partial charge in [0.25, 0.3) is 0 Å². The van der Waals surface area contributed by atoms with Crippen molar-refractivity contribution in [2.24, 2.45) is 5.92 Å². The van der Waals surface area contributed by atoms with E-state index in [9.17, 15) is 4.79 Å². The largest absolute Gasteiger partial charge is 0.299 e. The van der Waals surface area contributed by atoms with Crippen LogP contribution in [0.1, 0.15) is 26.7 Å². The van der Waals surface area contributed by atoms with Crippen molar-refractivity contribution < 1.29 is 4.79 Å². The molecule has 1 heteroatoms. The van der Waals surface area contributed by atoms with E-state index in [1.54, 1.807) is 6.92 Å². The van der Waals surface area contributed by atoms with Crippen LogP contribution in [0.25, 0.3) is 0 Å². The number of ketones is 1. The Kier molecular flexibility index (Phi) is 1.70. The van der Waals surface area contributed by atoms with Crippen LogP contribution < -0.4 is 0 Å². The van der Waals surface area contributed by atoms with Gasteiger partial charge in [-0.1, -0.05) is 11.6 Å². The predicted molar refractivity (Wildman–Crippen MR) is 37.2 cm³/mol. The van der Waals surface area contributed by atoms with Gasteiger partial charge in [0, 0.05) is 5.92 Å². The van der Waals surface area contributed by atoms with Crippen LogP contribution >= 0.6 is 0 Å². The molecule has 0 aromatic heterocycles.